The maximum absolute atomic E-state index is 12.6. The highest BCUT2D eigenvalue weighted by molar-refractivity contribution is 8.26. The van der Waals surface area contributed by atoms with Crippen molar-refractivity contribution >= 4 is 50.1 Å². The lowest BCUT2D eigenvalue weighted by atomic mass is 10.0. The highest BCUT2D eigenvalue weighted by Crippen LogP contribution is 2.36. The predicted octanol–water partition coefficient (Wildman–Crippen LogP) is 3.20. The number of benzene rings is 1. The number of carbonyl (C=O) groups excluding carboxylic acids is 1. The SMILES string of the molecule is CC(C)c1ccc(/C=C2\SC(=S)N([C@@H]3CCS(=O)(=O)C3)C2=O)cc1. The van der Waals surface area contributed by atoms with Crippen molar-refractivity contribution in [2.45, 2.75) is 32.2 Å². The van der Waals surface area contributed by atoms with Crippen molar-refractivity contribution in [3.63, 3.8) is 0 Å². The molecule has 1 amide bonds. The largest absolute Gasteiger partial charge is 0.289 e. The van der Waals surface area contributed by atoms with Crippen LogP contribution in [-0.2, 0) is 14.6 Å². The van der Waals surface area contributed by atoms with E-state index in [1.54, 1.807) is 0 Å². The number of rotatable bonds is 3. The normalized spacial score (nSPS) is 25.2. The van der Waals surface area contributed by atoms with Crippen LogP contribution in [0.4, 0.5) is 0 Å². The molecule has 4 nitrogen and oxygen atoms in total. The van der Waals surface area contributed by atoms with Crippen LogP contribution in [0.1, 0.15) is 37.3 Å². The van der Waals surface area contributed by atoms with Crippen molar-refractivity contribution < 1.29 is 13.2 Å². The second kappa shape index (κ2) is 6.61. The molecule has 128 valence electrons. The Morgan fingerprint density at radius 1 is 1.29 bits per heavy atom. The van der Waals surface area contributed by atoms with Gasteiger partial charge in [-0.2, -0.15) is 0 Å². The van der Waals surface area contributed by atoms with Gasteiger partial charge in [-0.3, -0.25) is 9.69 Å². The molecule has 2 aliphatic rings. The monoisotopic (exact) mass is 381 g/mol. The van der Waals surface area contributed by atoms with E-state index in [-0.39, 0.29) is 23.5 Å². The van der Waals surface area contributed by atoms with Crippen LogP contribution in [0.15, 0.2) is 29.2 Å². The lowest BCUT2D eigenvalue weighted by Crippen LogP contribution is -2.39. The van der Waals surface area contributed by atoms with Gasteiger partial charge in [0.1, 0.15) is 4.32 Å². The molecule has 0 bridgehead atoms. The molecule has 1 aromatic carbocycles. The van der Waals surface area contributed by atoms with Crippen LogP contribution in [0, 0.1) is 0 Å². The van der Waals surface area contributed by atoms with Crippen LogP contribution in [-0.4, -0.2) is 41.1 Å². The van der Waals surface area contributed by atoms with Crippen LogP contribution >= 0.6 is 24.0 Å². The summed E-state index contributed by atoms with van der Waals surface area (Å²) >= 11 is 6.56. The molecule has 0 radical (unpaired) electrons. The molecule has 0 N–H and O–H groups in total. The smallest absolute Gasteiger partial charge is 0.266 e. The number of sulfone groups is 1. The first kappa shape index (κ1) is 17.6. The molecule has 1 aromatic rings. The molecule has 0 unspecified atom stereocenters. The summed E-state index contributed by atoms with van der Waals surface area (Å²) in [6.45, 7) is 4.27. The van der Waals surface area contributed by atoms with Crippen molar-refractivity contribution in [1.29, 1.82) is 0 Å². The number of hydrogen-bond donors (Lipinski definition) is 0. The zero-order chi connectivity index (χ0) is 17.5. The molecule has 0 aliphatic carbocycles. The fourth-order valence-electron chi connectivity index (χ4n) is 2.90. The van der Waals surface area contributed by atoms with E-state index in [9.17, 15) is 13.2 Å². The van der Waals surface area contributed by atoms with E-state index in [0.29, 0.717) is 21.6 Å². The van der Waals surface area contributed by atoms with E-state index < -0.39 is 9.84 Å². The van der Waals surface area contributed by atoms with Crippen molar-refractivity contribution in [3.05, 3.63) is 40.3 Å². The summed E-state index contributed by atoms with van der Waals surface area (Å²) in [5.41, 5.74) is 2.19. The molecule has 2 fully saturated rings. The number of nitrogens with zero attached hydrogens (tertiary/aromatic N) is 1. The highest BCUT2D eigenvalue weighted by Gasteiger charge is 2.42. The van der Waals surface area contributed by atoms with Gasteiger partial charge < -0.3 is 0 Å². The minimum atomic E-state index is -3.05. The first-order valence-electron chi connectivity index (χ1n) is 7.84. The minimum absolute atomic E-state index is 0.00973. The minimum Gasteiger partial charge on any atom is -0.289 e. The van der Waals surface area contributed by atoms with Gasteiger partial charge in [0.15, 0.2) is 9.84 Å². The summed E-state index contributed by atoms with van der Waals surface area (Å²) in [5, 5.41) is 0. The molecular formula is C17H19NO3S3. The van der Waals surface area contributed by atoms with Gasteiger partial charge >= 0.3 is 0 Å². The number of amides is 1. The fraction of sp³-hybridized carbons (Fsp3) is 0.412. The number of hydrogen-bond acceptors (Lipinski definition) is 5. The second-order valence-electron chi connectivity index (χ2n) is 6.43. The Hall–Kier alpha value is -1.18. The summed E-state index contributed by atoms with van der Waals surface area (Å²) in [5.74, 6) is 0.418. The first-order valence-corrected chi connectivity index (χ1v) is 10.9. The topological polar surface area (TPSA) is 54.5 Å². The molecule has 2 saturated heterocycles. The number of carbonyl (C=O) groups is 1. The van der Waals surface area contributed by atoms with Crippen LogP contribution in [0.3, 0.4) is 0 Å². The second-order valence-corrected chi connectivity index (χ2v) is 10.3. The lowest BCUT2D eigenvalue weighted by molar-refractivity contribution is -0.123. The maximum atomic E-state index is 12.6. The Morgan fingerprint density at radius 3 is 2.50 bits per heavy atom. The van der Waals surface area contributed by atoms with Crippen LogP contribution in [0.25, 0.3) is 6.08 Å². The molecule has 2 aliphatic heterocycles. The zero-order valence-electron chi connectivity index (χ0n) is 13.6. The summed E-state index contributed by atoms with van der Waals surface area (Å²) in [6.07, 6.45) is 2.29. The predicted molar refractivity (Wildman–Crippen MR) is 103 cm³/mol. The van der Waals surface area contributed by atoms with Gasteiger partial charge in [0.2, 0.25) is 0 Å². The van der Waals surface area contributed by atoms with E-state index in [2.05, 4.69) is 26.0 Å². The molecule has 2 heterocycles. The van der Waals surface area contributed by atoms with Gasteiger partial charge in [-0.25, -0.2) is 8.42 Å². The van der Waals surface area contributed by atoms with Gasteiger partial charge in [-0.15, -0.1) is 0 Å². The molecule has 1 atom stereocenters. The van der Waals surface area contributed by atoms with Crippen molar-refractivity contribution in [2.75, 3.05) is 11.5 Å². The number of thioether (sulfide) groups is 1. The van der Waals surface area contributed by atoms with Crippen LogP contribution < -0.4 is 0 Å². The highest BCUT2D eigenvalue weighted by atomic mass is 32.2. The number of thiocarbonyl (C=S) groups is 1. The van der Waals surface area contributed by atoms with E-state index >= 15 is 0 Å². The van der Waals surface area contributed by atoms with Crippen molar-refractivity contribution in [1.82, 2.24) is 4.90 Å². The molecule has 0 saturated carbocycles. The van der Waals surface area contributed by atoms with Crippen LogP contribution in [0.5, 0.6) is 0 Å². The fourth-order valence-corrected chi connectivity index (χ4v) is 6.00. The Labute approximate surface area is 152 Å². The third kappa shape index (κ3) is 3.58. The third-order valence-corrected chi connectivity index (χ3v) is 7.38. The van der Waals surface area contributed by atoms with Gasteiger partial charge in [0.25, 0.3) is 5.91 Å². The lowest BCUT2D eigenvalue weighted by Gasteiger charge is -2.20. The summed E-state index contributed by atoms with van der Waals surface area (Å²) < 4.78 is 23.8. The van der Waals surface area contributed by atoms with E-state index in [0.717, 1.165) is 5.56 Å². The third-order valence-electron chi connectivity index (χ3n) is 4.30. The van der Waals surface area contributed by atoms with Crippen LogP contribution in [0.2, 0.25) is 0 Å². The van der Waals surface area contributed by atoms with Crippen molar-refractivity contribution in [3.8, 4) is 0 Å². The van der Waals surface area contributed by atoms with E-state index in [1.165, 1.54) is 22.2 Å². The molecule has 0 aromatic heterocycles. The average molecular weight is 382 g/mol. The molecule has 24 heavy (non-hydrogen) atoms. The molecule has 0 spiro atoms. The summed E-state index contributed by atoms with van der Waals surface area (Å²) in [4.78, 5) is 14.7. The Kier molecular flexibility index (Phi) is 4.86. The maximum Gasteiger partial charge on any atom is 0.266 e. The Bertz CT molecular complexity index is 810. The van der Waals surface area contributed by atoms with Gasteiger partial charge in [-0.05, 0) is 29.5 Å². The van der Waals surface area contributed by atoms with Crippen molar-refractivity contribution in [2.24, 2.45) is 0 Å². The standard InChI is InChI=1S/C17H19NO3S3/c1-11(2)13-5-3-12(4-6-13)9-15-16(19)18(17(22)23-15)14-7-8-24(20,21)10-14/h3-6,9,11,14H,7-8,10H2,1-2H3/b15-9-/t14-/m1/s1. The first-order chi connectivity index (χ1) is 11.3. The van der Waals surface area contributed by atoms with Gasteiger partial charge in [0.05, 0.1) is 22.5 Å². The molecular weight excluding hydrogens is 362 g/mol. The van der Waals surface area contributed by atoms with E-state index in [1.807, 2.05) is 18.2 Å². The van der Waals surface area contributed by atoms with Gasteiger partial charge in [-0.1, -0.05) is 62.1 Å². The zero-order valence-corrected chi connectivity index (χ0v) is 16.0. The molecule has 7 heteroatoms. The van der Waals surface area contributed by atoms with E-state index in [4.69, 9.17) is 12.2 Å². The Morgan fingerprint density at radius 2 is 1.96 bits per heavy atom. The summed E-state index contributed by atoms with van der Waals surface area (Å²) in [6, 6.07) is 7.77. The Balaban J connectivity index is 1.81. The molecule has 3 rings (SSSR count). The summed E-state index contributed by atoms with van der Waals surface area (Å²) in [7, 11) is -3.05. The van der Waals surface area contributed by atoms with Gasteiger partial charge in [0, 0.05) is 0 Å². The average Bonchev–Trinajstić information content (AvgIpc) is 2.99. The quantitative estimate of drug-likeness (QED) is 0.594.